The van der Waals surface area contributed by atoms with Crippen LogP contribution in [-0.4, -0.2) is 60.5 Å². The molecule has 0 bridgehead atoms. The maximum atomic E-state index is 13.2. The van der Waals surface area contributed by atoms with E-state index in [9.17, 15) is 14.4 Å². The maximum absolute atomic E-state index is 13.2. The molecular weight excluding hydrogens is 382 g/mol. The molecule has 1 saturated heterocycles. The van der Waals surface area contributed by atoms with Gasteiger partial charge in [0.25, 0.3) is 5.91 Å². The van der Waals surface area contributed by atoms with E-state index in [1.54, 1.807) is 19.1 Å². The van der Waals surface area contributed by atoms with Crippen LogP contribution in [-0.2, 0) is 9.59 Å². The van der Waals surface area contributed by atoms with E-state index in [4.69, 9.17) is 4.74 Å². The standard InChI is InChI=1S/C23H25N3O4/c1-25-21(27)10-9-20(24-25)23(29)26-11-3-4-18(14-26)22(28)17-6-5-16-13-19(30-2)8-7-15(16)12-17/h5-8,12-13,18H,3-4,9-11,14H2,1-2H3/t18-/m0/s1. The van der Waals surface area contributed by atoms with Crippen LogP contribution in [0.1, 0.15) is 36.0 Å². The number of amides is 2. The van der Waals surface area contributed by atoms with Gasteiger partial charge in [0.1, 0.15) is 11.5 Å². The molecule has 30 heavy (non-hydrogen) atoms. The highest BCUT2D eigenvalue weighted by atomic mass is 16.5. The molecular formula is C23H25N3O4. The molecule has 7 heteroatoms. The monoisotopic (exact) mass is 407 g/mol. The van der Waals surface area contributed by atoms with E-state index >= 15 is 0 Å². The van der Waals surface area contributed by atoms with Crippen molar-refractivity contribution in [3.8, 4) is 5.75 Å². The average molecular weight is 407 g/mol. The fraction of sp³-hybridized carbons (Fsp3) is 0.391. The van der Waals surface area contributed by atoms with Crippen LogP contribution in [0.4, 0.5) is 0 Å². The van der Waals surface area contributed by atoms with Gasteiger partial charge in [-0.2, -0.15) is 5.10 Å². The van der Waals surface area contributed by atoms with Gasteiger partial charge in [-0.1, -0.05) is 18.2 Å². The first kappa shape index (κ1) is 20.1. The summed E-state index contributed by atoms with van der Waals surface area (Å²) in [6.07, 6.45) is 2.17. The lowest BCUT2D eigenvalue weighted by Crippen LogP contribution is -2.46. The van der Waals surface area contributed by atoms with Crippen LogP contribution in [0, 0.1) is 5.92 Å². The first-order valence-corrected chi connectivity index (χ1v) is 10.2. The lowest BCUT2D eigenvalue weighted by Gasteiger charge is -2.33. The normalized spacial score (nSPS) is 19.6. The fourth-order valence-corrected chi connectivity index (χ4v) is 4.12. The summed E-state index contributed by atoms with van der Waals surface area (Å²) in [5, 5.41) is 7.35. The lowest BCUT2D eigenvalue weighted by atomic mass is 9.89. The molecule has 2 aromatic rings. The quantitative estimate of drug-likeness (QED) is 0.730. The predicted octanol–water partition coefficient (Wildman–Crippen LogP) is 2.88. The van der Waals surface area contributed by atoms with Gasteiger partial charge in [0.15, 0.2) is 5.78 Å². The Morgan fingerprint density at radius 3 is 2.63 bits per heavy atom. The Morgan fingerprint density at radius 1 is 1.10 bits per heavy atom. The van der Waals surface area contributed by atoms with Gasteiger partial charge >= 0.3 is 0 Å². The second-order valence-electron chi connectivity index (χ2n) is 7.85. The molecule has 4 rings (SSSR count). The van der Waals surface area contributed by atoms with Crippen molar-refractivity contribution in [1.82, 2.24) is 9.91 Å². The molecule has 7 nitrogen and oxygen atoms in total. The first-order chi connectivity index (χ1) is 14.5. The molecule has 1 fully saturated rings. The van der Waals surface area contributed by atoms with Crippen molar-refractivity contribution >= 4 is 34.1 Å². The molecule has 0 N–H and O–H groups in total. The largest absolute Gasteiger partial charge is 0.497 e. The number of hydrazone groups is 1. The van der Waals surface area contributed by atoms with Crippen LogP contribution in [0.5, 0.6) is 5.75 Å². The van der Waals surface area contributed by atoms with E-state index in [2.05, 4.69) is 5.10 Å². The smallest absolute Gasteiger partial charge is 0.270 e. The first-order valence-electron chi connectivity index (χ1n) is 10.2. The van der Waals surface area contributed by atoms with Crippen molar-refractivity contribution in [1.29, 1.82) is 0 Å². The third-order valence-electron chi connectivity index (χ3n) is 5.87. The summed E-state index contributed by atoms with van der Waals surface area (Å²) < 4.78 is 5.26. The number of benzene rings is 2. The molecule has 2 amide bonds. The number of carbonyl (C=O) groups is 3. The van der Waals surface area contributed by atoms with Crippen LogP contribution in [0.2, 0.25) is 0 Å². The van der Waals surface area contributed by atoms with E-state index in [1.807, 2.05) is 36.4 Å². The summed E-state index contributed by atoms with van der Waals surface area (Å²) in [4.78, 5) is 39.4. The summed E-state index contributed by atoms with van der Waals surface area (Å²) in [7, 11) is 3.19. The number of fused-ring (bicyclic) bond motifs is 1. The Labute approximate surface area is 175 Å². The van der Waals surface area contributed by atoms with Crippen LogP contribution >= 0.6 is 0 Å². The van der Waals surface area contributed by atoms with Gasteiger partial charge in [-0.15, -0.1) is 0 Å². The summed E-state index contributed by atoms with van der Waals surface area (Å²) in [5.41, 5.74) is 1.05. The number of Topliss-reactive ketones (excluding diaryl/α,β-unsaturated/α-hetero) is 1. The number of piperidine rings is 1. The molecule has 0 spiro atoms. The molecule has 0 unspecified atom stereocenters. The molecule has 1 atom stereocenters. The molecule has 0 radical (unpaired) electrons. The SMILES string of the molecule is COc1ccc2cc(C(=O)[C@H]3CCCN(C(=O)C4=NN(C)C(=O)CC4)C3)ccc2c1. The molecule has 0 saturated carbocycles. The number of nitrogens with zero attached hydrogens (tertiary/aromatic N) is 3. The van der Waals surface area contributed by atoms with Gasteiger partial charge in [-0.3, -0.25) is 14.4 Å². The summed E-state index contributed by atoms with van der Waals surface area (Å²) in [5.74, 6) is 0.343. The number of methoxy groups -OCH3 is 1. The maximum Gasteiger partial charge on any atom is 0.270 e. The third kappa shape index (κ3) is 3.92. The lowest BCUT2D eigenvalue weighted by molar-refractivity contribution is -0.130. The van der Waals surface area contributed by atoms with Crippen molar-refractivity contribution < 1.29 is 19.1 Å². The van der Waals surface area contributed by atoms with Crippen molar-refractivity contribution in [2.45, 2.75) is 25.7 Å². The highest BCUT2D eigenvalue weighted by molar-refractivity contribution is 6.39. The Hall–Kier alpha value is -3.22. The number of likely N-dealkylation sites (tertiary alicyclic amines) is 1. The highest BCUT2D eigenvalue weighted by Crippen LogP contribution is 2.26. The Morgan fingerprint density at radius 2 is 1.87 bits per heavy atom. The minimum absolute atomic E-state index is 0.0584. The number of rotatable bonds is 4. The number of hydrogen-bond donors (Lipinski definition) is 0. The number of ketones is 1. The summed E-state index contributed by atoms with van der Waals surface area (Å²) >= 11 is 0. The van der Waals surface area contributed by atoms with Crippen molar-refractivity contribution in [2.24, 2.45) is 11.0 Å². The number of carbonyl (C=O) groups excluding carboxylic acids is 3. The molecule has 2 aliphatic heterocycles. The van der Waals surface area contributed by atoms with E-state index in [0.29, 0.717) is 37.2 Å². The van der Waals surface area contributed by atoms with Crippen molar-refractivity contribution in [2.75, 3.05) is 27.2 Å². The van der Waals surface area contributed by atoms with E-state index in [0.717, 1.165) is 29.4 Å². The van der Waals surface area contributed by atoms with Crippen molar-refractivity contribution in [3.63, 3.8) is 0 Å². The second-order valence-corrected chi connectivity index (χ2v) is 7.85. The van der Waals surface area contributed by atoms with Gasteiger partial charge in [0.2, 0.25) is 5.91 Å². The van der Waals surface area contributed by atoms with Gasteiger partial charge in [-0.05, 0) is 41.8 Å². The Balaban J connectivity index is 1.49. The van der Waals surface area contributed by atoms with E-state index in [1.165, 1.54) is 5.01 Å². The topological polar surface area (TPSA) is 79.3 Å². The average Bonchev–Trinajstić information content (AvgIpc) is 2.79. The van der Waals surface area contributed by atoms with E-state index < -0.39 is 0 Å². The zero-order chi connectivity index (χ0) is 21.3. The van der Waals surface area contributed by atoms with Crippen LogP contribution in [0.15, 0.2) is 41.5 Å². The Kier molecular flexibility index (Phi) is 5.53. The molecule has 2 aromatic carbocycles. The van der Waals surface area contributed by atoms with Gasteiger partial charge in [0.05, 0.1) is 7.11 Å². The van der Waals surface area contributed by atoms with Crippen LogP contribution in [0.25, 0.3) is 10.8 Å². The minimum Gasteiger partial charge on any atom is -0.497 e. The number of ether oxygens (including phenoxy) is 1. The zero-order valence-corrected chi connectivity index (χ0v) is 17.3. The third-order valence-corrected chi connectivity index (χ3v) is 5.87. The number of hydrogen-bond acceptors (Lipinski definition) is 5. The predicted molar refractivity (Wildman–Crippen MR) is 114 cm³/mol. The Bertz CT molecular complexity index is 1050. The fourth-order valence-electron chi connectivity index (χ4n) is 4.12. The summed E-state index contributed by atoms with van der Waals surface area (Å²) in [6, 6.07) is 11.4. The second kappa shape index (κ2) is 8.26. The molecule has 2 aliphatic rings. The van der Waals surface area contributed by atoms with Crippen LogP contribution in [0.3, 0.4) is 0 Å². The highest BCUT2D eigenvalue weighted by Gasteiger charge is 2.32. The van der Waals surface area contributed by atoms with Crippen molar-refractivity contribution in [3.05, 3.63) is 42.0 Å². The molecule has 0 aromatic heterocycles. The molecule has 2 heterocycles. The van der Waals surface area contributed by atoms with Crippen LogP contribution < -0.4 is 4.74 Å². The van der Waals surface area contributed by atoms with Gasteiger partial charge in [0, 0.05) is 44.5 Å². The van der Waals surface area contributed by atoms with Gasteiger partial charge < -0.3 is 9.64 Å². The molecule has 0 aliphatic carbocycles. The van der Waals surface area contributed by atoms with Gasteiger partial charge in [-0.25, -0.2) is 5.01 Å². The van der Waals surface area contributed by atoms with E-state index in [-0.39, 0.29) is 23.5 Å². The summed E-state index contributed by atoms with van der Waals surface area (Å²) in [6.45, 7) is 0.992. The molecule has 156 valence electrons. The minimum atomic E-state index is -0.234. The zero-order valence-electron chi connectivity index (χ0n) is 17.3.